The summed E-state index contributed by atoms with van der Waals surface area (Å²) in [5, 5.41) is 0. The van der Waals surface area contributed by atoms with Crippen LogP contribution in [0.4, 0.5) is 0 Å². The average molecular weight is 471 g/mol. The van der Waals surface area contributed by atoms with Crippen LogP contribution in [0.2, 0.25) is 0 Å². The van der Waals surface area contributed by atoms with Gasteiger partial charge in [-0.05, 0) is 19.3 Å². The Morgan fingerprint density at radius 3 is 1.24 bits per heavy atom. The summed E-state index contributed by atoms with van der Waals surface area (Å²) in [6.07, 6.45) is 1.08. The lowest BCUT2D eigenvalue weighted by atomic mass is 10.2. The van der Waals surface area contributed by atoms with E-state index < -0.39 is 24.0 Å². The highest BCUT2D eigenvalue weighted by Crippen LogP contribution is 2.03. The largest absolute Gasteiger partial charge is 0.460 e. The molecule has 0 aliphatic carbocycles. The average Bonchev–Trinajstić information content (AvgIpc) is 2.83. The second-order valence-electron chi connectivity index (χ2n) is 6.92. The van der Waals surface area contributed by atoms with Gasteiger partial charge < -0.3 is 28.4 Å². The molecule has 0 radical (unpaired) electrons. The van der Waals surface area contributed by atoms with Crippen LogP contribution in [-0.4, -0.2) is 76.9 Å². The number of hydrogen-bond acceptors (Lipinski definition) is 9. The first-order valence-electron chi connectivity index (χ1n) is 11.1. The minimum absolute atomic E-state index is 0.0574. The lowest BCUT2D eigenvalue weighted by molar-refractivity contribution is -0.145. The Morgan fingerprint density at radius 2 is 0.909 bits per heavy atom. The molecule has 0 aromatic rings. The first-order valence-corrected chi connectivity index (χ1v) is 11.1. The van der Waals surface area contributed by atoms with E-state index >= 15 is 0 Å². The third-order valence-electron chi connectivity index (χ3n) is 4.35. The maximum Gasteiger partial charge on any atom is 0.333 e. The van der Waals surface area contributed by atoms with Crippen LogP contribution < -0.4 is 0 Å². The molecule has 0 heterocycles. The number of ether oxygens (including phenoxy) is 6. The van der Waals surface area contributed by atoms with Crippen LogP contribution in [0.5, 0.6) is 0 Å². The van der Waals surface area contributed by atoms with Crippen LogP contribution in [-0.2, 0) is 42.8 Å². The smallest absolute Gasteiger partial charge is 0.333 e. The summed E-state index contributed by atoms with van der Waals surface area (Å²) in [5.41, 5.74) is 1.18. The highest BCUT2D eigenvalue weighted by atomic mass is 16.6. The van der Waals surface area contributed by atoms with E-state index in [0.29, 0.717) is 36.0 Å². The number of rotatable bonds is 20. The van der Waals surface area contributed by atoms with Gasteiger partial charge in [-0.3, -0.25) is 0 Å². The molecule has 0 aromatic carbocycles. The molecule has 0 unspecified atom stereocenters. The van der Waals surface area contributed by atoms with E-state index in [0.717, 1.165) is 0 Å². The molecular weight excluding hydrogens is 432 g/mol. The van der Waals surface area contributed by atoms with Crippen LogP contribution in [0.25, 0.3) is 0 Å². The summed E-state index contributed by atoms with van der Waals surface area (Å²) in [4.78, 5) is 34.8. The zero-order valence-corrected chi connectivity index (χ0v) is 20.2. The highest BCUT2D eigenvalue weighted by molar-refractivity contribution is 5.88. The number of esters is 3. The monoisotopic (exact) mass is 470 g/mol. The predicted octanol–water partition coefficient (Wildman–Crippen LogP) is 2.93. The van der Waals surface area contributed by atoms with Gasteiger partial charge in [0.2, 0.25) is 0 Å². The van der Waals surface area contributed by atoms with Gasteiger partial charge in [0.25, 0.3) is 0 Å². The maximum atomic E-state index is 11.6. The lowest BCUT2D eigenvalue weighted by Gasteiger charge is -2.18. The first-order chi connectivity index (χ1) is 15.8. The molecule has 0 aliphatic rings. The van der Waals surface area contributed by atoms with Crippen molar-refractivity contribution in [1.29, 1.82) is 0 Å². The Bertz CT molecular complexity index is 616. The maximum absolute atomic E-state index is 11.6. The van der Waals surface area contributed by atoms with Crippen molar-refractivity contribution in [3.8, 4) is 0 Å². The van der Waals surface area contributed by atoms with Gasteiger partial charge in [-0.25, -0.2) is 14.4 Å². The molecular formula is C24H38O9. The Morgan fingerprint density at radius 1 is 0.576 bits per heavy atom. The minimum Gasteiger partial charge on any atom is -0.460 e. The van der Waals surface area contributed by atoms with Crippen molar-refractivity contribution in [2.45, 2.75) is 46.1 Å². The lowest BCUT2D eigenvalue weighted by Crippen LogP contribution is -2.29. The second kappa shape index (κ2) is 19.0. The van der Waals surface area contributed by atoms with E-state index in [2.05, 4.69) is 19.7 Å². The quantitative estimate of drug-likeness (QED) is 0.115. The molecule has 0 aliphatic heterocycles. The summed E-state index contributed by atoms with van der Waals surface area (Å²) in [6, 6.07) is 0. The minimum atomic E-state index is -0.472. The van der Waals surface area contributed by atoms with E-state index in [1.165, 1.54) is 0 Å². The molecule has 0 atom stereocenters. The molecule has 33 heavy (non-hydrogen) atoms. The Kier molecular flexibility index (Phi) is 17.6. The fourth-order valence-electron chi connectivity index (χ4n) is 2.05. The van der Waals surface area contributed by atoms with E-state index in [-0.39, 0.29) is 52.9 Å². The van der Waals surface area contributed by atoms with Crippen LogP contribution in [0.3, 0.4) is 0 Å². The van der Waals surface area contributed by atoms with Crippen LogP contribution >= 0.6 is 0 Å². The van der Waals surface area contributed by atoms with Gasteiger partial charge in [-0.2, -0.15) is 0 Å². The van der Waals surface area contributed by atoms with Crippen molar-refractivity contribution in [3.05, 3.63) is 36.5 Å². The van der Waals surface area contributed by atoms with Crippen molar-refractivity contribution in [3.63, 3.8) is 0 Å². The summed E-state index contributed by atoms with van der Waals surface area (Å²) in [6.45, 7) is 17.3. The molecule has 9 heteroatoms. The number of hydrogen-bond donors (Lipinski definition) is 0. The Hall–Kier alpha value is -2.49. The summed E-state index contributed by atoms with van der Waals surface area (Å²) >= 11 is 0. The van der Waals surface area contributed by atoms with E-state index in [9.17, 15) is 14.4 Å². The van der Waals surface area contributed by atoms with E-state index in [4.69, 9.17) is 28.4 Å². The normalized spacial score (nSPS) is 10.5. The zero-order valence-electron chi connectivity index (χ0n) is 20.2. The molecule has 0 aromatic heterocycles. The molecule has 0 N–H and O–H groups in total. The van der Waals surface area contributed by atoms with Gasteiger partial charge in [-0.15, -0.1) is 0 Å². The standard InChI is InChI=1S/C24H38O9/c1-7-18(4)22(25)31-12-10-28-16-21(30-14-15-33-24(27)20(6)9-3)17-29-11-13-32-23(26)19(5)8-2/h21H,4-17H2,1-3H3. The first kappa shape index (κ1) is 30.5. The zero-order chi connectivity index (χ0) is 25.1. The van der Waals surface area contributed by atoms with Crippen molar-refractivity contribution >= 4 is 17.9 Å². The molecule has 0 amide bonds. The fourth-order valence-corrected chi connectivity index (χ4v) is 2.05. The van der Waals surface area contributed by atoms with Crippen molar-refractivity contribution in [2.24, 2.45) is 0 Å². The van der Waals surface area contributed by atoms with Crippen LogP contribution in [0, 0.1) is 0 Å². The van der Waals surface area contributed by atoms with Gasteiger partial charge in [0.05, 0.1) is 33.0 Å². The van der Waals surface area contributed by atoms with E-state index in [1.54, 1.807) is 0 Å². The van der Waals surface area contributed by atoms with Crippen LogP contribution in [0.1, 0.15) is 40.0 Å². The van der Waals surface area contributed by atoms with Gasteiger partial charge in [-0.1, -0.05) is 40.5 Å². The van der Waals surface area contributed by atoms with Gasteiger partial charge in [0.15, 0.2) is 0 Å². The topological polar surface area (TPSA) is 107 Å². The molecule has 0 bridgehead atoms. The number of carbonyl (C=O) groups excluding carboxylic acids is 3. The third-order valence-corrected chi connectivity index (χ3v) is 4.35. The van der Waals surface area contributed by atoms with E-state index in [1.807, 2.05) is 20.8 Å². The molecule has 0 fully saturated rings. The summed E-state index contributed by atoms with van der Waals surface area (Å²) in [7, 11) is 0. The molecule has 188 valence electrons. The second-order valence-corrected chi connectivity index (χ2v) is 6.92. The molecule has 0 saturated carbocycles. The van der Waals surface area contributed by atoms with Gasteiger partial charge in [0, 0.05) is 16.7 Å². The van der Waals surface area contributed by atoms with Gasteiger partial charge in [0.1, 0.15) is 25.9 Å². The third kappa shape index (κ3) is 15.1. The number of carbonyl (C=O) groups is 3. The summed E-state index contributed by atoms with van der Waals surface area (Å²) in [5.74, 6) is -1.36. The predicted molar refractivity (Wildman–Crippen MR) is 123 cm³/mol. The molecule has 0 spiro atoms. The summed E-state index contributed by atoms with van der Waals surface area (Å²) < 4.78 is 31.8. The molecule has 0 saturated heterocycles. The molecule has 9 nitrogen and oxygen atoms in total. The van der Waals surface area contributed by atoms with Crippen LogP contribution in [0.15, 0.2) is 36.5 Å². The Balaban J connectivity index is 4.33. The molecule has 0 rings (SSSR count). The van der Waals surface area contributed by atoms with Crippen molar-refractivity contribution in [1.82, 2.24) is 0 Å². The van der Waals surface area contributed by atoms with Crippen molar-refractivity contribution in [2.75, 3.05) is 52.9 Å². The van der Waals surface area contributed by atoms with Gasteiger partial charge >= 0.3 is 17.9 Å². The SMILES string of the molecule is C=C(CC)C(=O)OCCOCC(COCCOC(=O)C(=C)CC)OCCOC(=O)C(=C)CC. The fraction of sp³-hybridized carbons (Fsp3) is 0.625. The highest BCUT2D eigenvalue weighted by Gasteiger charge is 2.13. The Labute approximate surface area is 196 Å². The van der Waals surface area contributed by atoms with Crippen molar-refractivity contribution < 1.29 is 42.8 Å².